The summed E-state index contributed by atoms with van der Waals surface area (Å²) in [5.74, 6) is -10.1. The fourth-order valence-corrected chi connectivity index (χ4v) is 1.64. The van der Waals surface area contributed by atoms with Crippen LogP contribution in [0.3, 0.4) is 0 Å². The Morgan fingerprint density at radius 3 is 2.24 bits per heavy atom. The lowest BCUT2D eigenvalue weighted by Gasteiger charge is -2.28. The second kappa shape index (κ2) is 6.51. The zero-order valence-electron chi connectivity index (χ0n) is 8.99. The van der Waals surface area contributed by atoms with Gasteiger partial charge < -0.3 is 0 Å². The largest absolute Gasteiger partial charge is 0.340 e. The van der Waals surface area contributed by atoms with Crippen LogP contribution in [0.15, 0.2) is 0 Å². The molecule has 0 spiro atoms. The number of alkyl halides is 6. The number of carbonyl (C=O) groups is 1. The molecular formula is C9H12F6OS. The van der Waals surface area contributed by atoms with Crippen LogP contribution in [0.2, 0.25) is 0 Å². The van der Waals surface area contributed by atoms with Gasteiger partial charge >= 0.3 is 11.8 Å². The average molecular weight is 282 g/mol. The van der Waals surface area contributed by atoms with Crippen molar-refractivity contribution in [3.8, 4) is 0 Å². The molecule has 1 nitrogen and oxygen atoms in total. The summed E-state index contributed by atoms with van der Waals surface area (Å²) in [6.07, 6.45) is -5.84. The van der Waals surface area contributed by atoms with Crippen LogP contribution in [0.4, 0.5) is 26.3 Å². The molecule has 0 saturated carbocycles. The van der Waals surface area contributed by atoms with Crippen molar-refractivity contribution < 1.29 is 31.1 Å². The van der Waals surface area contributed by atoms with Gasteiger partial charge in [-0.15, -0.1) is 0 Å². The third-order valence-corrected chi connectivity index (χ3v) is 2.78. The van der Waals surface area contributed by atoms with E-state index in [4.69, 9.17) is 0 Å². The van der Waals surface area contributed by atoms with Gasteiger partial charge in [-0.05, 0) is 0 Å². The predicted molar refractivity (Wildman–Crippen MR) is 53.1 cm³/mol. The number of rotatable bonds is 7. The molecule has 0 heterocycles. The Hall–Kier alpha value is -0.400. The quantitative estimate of drug-likeness (QED) is 0.663. The Bertz CT molecular complexity index is 258. The van der Waals surface area contributed by atoms with E-state index in [9.17, 15) is 31.1 Å². The molecule has 0 aliphatic heterocycles. The highest BCUT2D eigenvalue weighted by atomic mass is 32.2. The van der Waals surface area contributed by atoms with Crippen molar-refractivity contribution in [3.05, 3.63) is 0 Å². The molecule has 0 aromatic rings. The topological polar surface area (TPSA) is 17.1 Å². The fraction of sp³-hybridized carbons (Fsp3) is 0.889. The lowest BCUT2D eigenvalue weighted by Crippen LogP contribution is -2.48. The molecule has 0 N–H and O–H groups in total. The summed E-state index contributed by atoms with van der Waals surface area (Å²) in [5.41, 5.74) is 0. The fourth-order valence-electron chi connectivity index (χ4n) is 0.996. The molecule has 102 valence electrons. The maximum atomic E-state index is 13.0. The molecule has 1 atom stereocenters. The number of carbonyl (C=O) groups excluding carboxylic acids is 1. The SMILES string of the molecule is CC(=O)SCCC(F)(F)C(F)(F)C(F)CCF. The zero-order chi connectivity index (χ0) is 13.7. The van der Waals surface area contributed by atoms with Gasteiger partial charge in [0.1, 0.15) is 0 Å². The number of thioether (sulfide) groups is 1. The Morgan fingerprint density at radius 2 is 1.82 bits per heavy atom. The van der Waals surface area contributed by atoms with Gasteiger partial charge in [0, 0.05) is 25.5 Å². The van der Waals surface area contributed by atoms with E-state index in [1.165, 1.54) is 0 Å². The second-order valence-electron chi connectivity index (χ2n) is 3.36. The molecule has 0 rings (SSSR count). The third-order valence-electron chi connectivity index (χ3n) is 1.96. The van der Waals surface area contributed by atoms with Crippen molar-refractivity contribution >= 4 is 16.9 Å². The predicted octanol–water partition coefficient (Wildman–Crippen LogP) is 3.62. The van der Waals surface area contributed by atoms with Crippen LogP contribution < -0.4 is 0 Å². The first-order valence-corrected chi connectivity index (χ1v) is 5.72. The van der Waals surface area contributed by atoms with Crippen molar-refractivity contribution in [3.63, 3.8) is 0 Å². The highest BCUT2D eigenvalue weighted by Gasteiger charge is 2.60. The van der Waals surface area contributed by atoms with E-state index in [1.807, 2.05) is 0 Å². The van der Waals surface area contributed by atoms with Crippen LogP contribution in [0.5, 0.6) is 0 Å². The van der Waals surface area contributed by atoms with Crippen LogP contribution in [0.25, 0.3) is 0 Å². The summed E-state index contributed by atoms with van der Waals surface area (Å²) in [7, 11) is 0. The molecule has 0 bridgehead atoms. The van der Waals surface area contributed by atoms with Gasteiger partial charge in [-0.1, -0.05) is 11.8 Å². The molecule has 17 heavy (non-hydrogen) atoms. The number of hydrogen-bond donors (Lipinski definition) is 0. The van der Waals surface area contributed by atoms with Gasteiger partial charge in [-0.25, -0.2) is 4.39 Å². The lowest BCUT2D eigenvalue weighted by atomic mass is 10.0. The van der Waals surface area contributed by atoms with E-state index in [0.717, 1.165) is 6.92 Å². The summed E-state index contributed by atoms with van der Waals surface area (Å²) in [6, 6.07) is 0. The third kappa shape index (κ3) is 4.77. The van der Waals surface area contributed by atoms with Gasteiger partial charge in [-0.3, -0.25) is 9.18 Å². The average Bonchev–Trinajstić information content (AvgIpc) is 2.16. The van der Waals surface area contributed by atoms with Crippen molar-refractivity contribution in [1.29, 1.82) is 0 Å². The zero-order valence-corrected chi connectivity index (χ0v) is 9.81. The van der Waals surface area contributed by atoms with E-state index in [1.54, 1.807) is 0 Å². The van der Waals surface area contributed by atoms with Gasteiger partial charge in [0.25, 0.3) is 0 Å². The van der Waals surface area contributed by atoms with Crippen LogP contribution in [-0.4, -0.2) is 35.6 Å². The van der Waals surface area contributed by atoms with E-state index in [-0.39, 0.29) is 0 Å². The monoisotopic (exact) mass is 282 g/mol. The van der Waals surface area contributed by atoms with Crippen molar-refractivity contribution in [1.82, 2.24) is 0 Å². The Kier molecular flexibility index (Phi) is 6.36. The molecule has 0 amide bonds. The molecule has 0 aliphatic rings. The first-order valence-electron chi connectivity index (χ1n) is 4.74. The minimum absolute atomic E-state index is 0.451. The van der Waals surface area contributed by atoms with Crippen LogP contribution in [0.1, 0.15) is 19.8 Å². The summed E-state index contributed by atoms with van der Waals surface area (Å²) >= 11 is 0.451. The Balaban J connectivity index is 4.49. The standard InChI is InChI=1S/C9H12F6OS/c1-6(16)17-5-3-8(12,13)9(14,15)7(11)2-4-10/h7H,2-5H2,1H3. The van der Waals surface area contributed by atoms with E-state index in [2.05, 4.69) is 0 Å². The van der Waals surface area contributed by atoms with Crippen LogP contribution in [0, 0.1) is 0 Å². The minimum atomic E-state index is -4.92. The van der Waals surface area contributed by atoms with E-state index < -0.39 is 48.4 Å². The van der Waals surface area contributed by atoms with E-state index >= 15 is 0 Å². The summed E-state index contributed by atoms with van der Waals surface area (Å²) in [5, 5.41) is -0.496. The molecule has 8 heteroatoms. The maximum absolute atomic E-state index is 13.0. The summed E-state index contributed by atoms with van der Waals surface area (Å²) < 4.78 is 76.2. The highest BCUT2D eigenvalue weighted by Crippen LogP contribution is 2.42. The number of hydrogen-bond acceptors (Lipinski definition) is 2. The van der Waals surface area contributed by atoms with Gasteiger partial charge in [-0.2, -0.15) is 17.6 Å². The molecule has 1 unspecified atom stereocenters. The molecule has 0 saturated heterocycles. The highest BCUT2D eigenvalue weighted by molar-refractivity contribution is 8.13. The molecule has 0 aromatic heterocycles. The lowest BCUT2D eigenvalue weighted by molar-refractivity contribution is -0.240. The molecule has 0 fully saturated rings. The first-order chi connectivity index (χ1) is 7.65. The Morgan fingerprint density at radius 1 is 1.29 bits per heavy atom. The van der Waals surface area contributed by atoms with Crippen LogP contribution in [-0.2, 0) is 4.79 Å². The molecule has 0 aliphatic carbocycles. The smallest absolute Gasteiger partial charge is 0.288 e. The van der Waals surface area contributed by atoms with E-state index in [0.29, 0.717) is 11.8 Å². The normalized spacial score (nSPS) is 14.8. The van der Waals surface area contributed by atoms with Crippen molar-refractivity contribution in [2.24, 2.45) is 0 Å². The first kappa shape index (κ1) is 16.6. The molecular weight excluding hydrogens is 270 g/mol. The van der Waals surface area contributed by atoms with Crippen molar-refractivity contribution in [2.45, 2.75) is 37.8 Å². The maximum Gasteiger partial charge on any atom is 0.340 e. The number of halogens is 6. The van der Waals surface area contributed by atoms with Crippen LogP contribution >= 0.6 is 11.8 Å². The minimum Gasteiger partial charge on any atom is -0.288 e. The second-order valence-corrected chi connectivity index (χ2v) is 4.63. The Labute approximate surface area is 98.9 Å². The van der Waals surface area contributed by atoms with Crippen molar-refractivity contribution in [2.75, 3.05) is 12.4 Å². The van der Waals surface area contributed by atoms with Gasteiger partial charge in [0.15, 0.2) is 11.3 Å². The van der Waals surface area contributed by atoms with Gasteiger partial charge in [0.2, 0.25) is 0 Å². The molecule has 0 aromatic carbocycles. The summed E-state index contributed by atoms with van der Waals surface area (Å²) in [4.78, 5) is 10.4. The molecule has 0 radical (unpaired) electrons. The van der Waals surface area contributed by atoms with Gasteiger partial charge in [0.05, 0.1) is 6.67 Å². The summed E-state index contributed by atoms with van der Waals surface area (Å²) in [6.45, 7) is -0.336.